The van der Waals surface area contributed by atoms with Gasteiger partial charge in [0.05, 0.1) is 24.5 Å². The number of aromatic nitrogens is 2. The Morgan fingerprint density at radius 2 is 2.11 bits per heavy atom. The molecule has 1 aromatic carbocycles. The zero-order chi connectivity index (χ0) is 13.8. The number of likely N-dealkylation sites (N-methyl/N-ethyl adjacent to an activating group) is 1. The second-order valence-corrected chi connectivity index (χ2v) is 4.19. The second-order valence-electron chi connectivity index (χ2n) is 4.19. The largest absolute Gasteiger partial charge is 0.468 e. The van der Waals surface area contributed by atoms with E-state index in [-0.39, 0.29) is 19.0 Å². The van der Waals surface area contributed by atoms with Gasteiger partial charge in [0, 0.05) is 7.05 Å². The highest BCUT2D eigenvalue weighted by Gasteiger charge is 2.14. The summed E-state index contributed by atoms with van der Waals surface area (Å²) in [7, 11) is 2.86. The first-order valence-electron chi connectivity index (χ1n) is 5.82. The van der Waals surface area contributed by atoms with E-state index in [0.717, 1.165) is 11.0 Å². The number of carbonyl (C=O) groups excluding carboxylic acids is 2. The first-order chi connectivity index (χ1) is 9.11. The number of esters is 1. The van der Waals surface area contributed by atoms with Crippen LogP contribution in [0.25, 0.3) is 11.0 Å². The zero-order valence-electron chi connectivity index (χ0n) is 10.9. The summed E-state index contributed by atoms with van der Waals surface area (Å²) in [6, 6.07) is 7.57. The van der Waals surface area contributed by atoms with E-state index in [1.54, 1.807) is 17.9 Å². The van der Waals surface area contributed by atoms with Crippen LogP contribution in [0.5, 0.6) is 0 Å². The summed E-state index contributed by atoms with van der Waals surface area (Å²) in [5.74, 6) is -0.611. The number of fused-ring (bicyclic) bond motifs is 1. The summed E-state index contributed by atoms with van der Waals surface area (Å²) in [5.41, 5.74) is 1.73. The van der Waals surface area contributed by atoms with Crippen molar-refractivity contribution in [1.29, 1.82) is 0 Å². The predicted octanol–water partition coefficient (Wildman–Crippen LogP) is 0.668. The standard InChI is InChI=1S/C13H15N3O3/c1-15(8-13(18)19-2)12(17)7-16-9-14-10-5-3-4-6-11(10)16/h3-6,9H,7-8H2,1-2H3. The van der Waals surface area contributed by atoms with Crippen LogP contribution >= 0.6 is 0 Å². The fourth-order valence-electron chi connectivity index (χ4n) is 1.75. The molecule has 0 aliphatic rings. The number of benzene rings is 1. The molecular formula is C13H15N3O3. The number of hydrogen-bond acceptors (Lipinski definition) is 4. The maximum Gasteiger partial charge on any atom is 0.325 e. The number of amides is 1. The van der Waals surface area contributed by atoms with Gasteiger partial charge in [0.1, 0.15) is 13.1 Å². The van der Waals surface area contributed by atoms with E-state index in [0.29, 0.717) is 0 Å². The summed E-state index contributed by atoms with van der Waals surface area (Å²) >= 11 is 0. The summed E-state index contributed by atoms with van der Waals surface area (Å²) in [4.78, 5) is 28.6. The molecule has 2 aromatic rings. The van der Waals surface area contributed by atoms with Crippen LogP contribution in [0.2, 0.25) is 0 Å². The van der Waals surface area contributed by atoms with Gasteiger partial charge in [0.25, 0.3) is 0 Å². The summed E-state index contributed by atoms with van der Waals surface area (Å²) < 4.78 is 6.28. The normalized spacial score (nSPS) is 10.4. The average Bonchev–Trinajstić information content (AvgIpc) is 2.82. The highest BCUT2D eigenvalue weighted by Crippen LogP contribution is 2.11. The monoisotopic (exact) mass is 261 g/mol. The van der Waals surface area contributed by atoms with E-state index in [9.17, 15) is 9.59 Å². The SMILES string of the molecule is COC(=O)CN(C)C(=O)Cn1cnc2ccccc21. The minimum Gasteiger partial charge on any atom is -0.468 e. The molecule has 6 nitrogen and oxygen atoms in total. The van der Waals surface area contributed by atoms with Crippen molar-refractivity contribution in [1.82, 2.24) is 14.5 Å². The number of rotatable bonds is 4. The van der Waals surface area contributed by atoms with Crippen molar-refractivity contribution in [2.75, 3.05) is 20.7 Å². The third-order valence-electron chi connectivity index (χ3n) is 2.85. The third kappa shape index (κ3) is 2.90. The van der Waals surface area contributed by atoms with Crippen LogP contribution in [0, 0.1) is 0 Å². The first kappa shape index (κ1) is 13.1. The molecule has 0 fully saturated rings. The number of para-hydroxylation sites is 2. The van der Waals surface area contributed by atoms with Crippen LogP contribution in [0.3, 0.4) is 0 Å². The molecule has 0 bridgehead atoms. The van der Waals surface area contributed by atoms with Crippen LogP contribution in [0.1, 0.15) is 0 Å². The fourth-order valence-corrected chi connectivity index (χ4v) is 1.75. The van der Waals surface area contributed by atoms with Crippen molar-refractivity contribution >= 4 is 22.9 Å². The van der Waals surface area contributed by atoms with Crippen molar-refractivity contribution in [3.63, 3.8) is 0 Å². The summed E-state index contributed by atoms with van der Waals surface area (Å²) in [6.45, 7) is 0.0932. The summed E-state index contributed by atoms with van der Waals surface area (Å²) in [6.07, 6.45) is 1.62. The Kier molecular flexibility index (Phi) is 3.79. The number of imidazole rings is 1. The molecule has 0 N–H and O–H groups in total. The molecule has 0 spiro atoms. The molecule has 0 saturated carbocycles. The number of hydrogen-bond donors (Lipinski definition) is 0. The van der Waals surface area contributed by atoms with Gasteiger partial charge in [-0.05, 0) is 12.1 Å². The van der Waals surface area contributed by atoms with E-state index in [1.807, 2.05) is 24.3 Å². The fraction of sp³-hybridized carbons (Fsp3) is 0.308. The minimum atomic E-state index is -0.439. The predicted molar refractivity (Wildman–Crippen MR) is 69.4 cm³/mol. The van der Waals surface area contributed by atoms with Gasteiger partial charge < -0.3 is 14.2 Å². The van der Waals surface area contributed by atoms with Crippen LogP contribution in [-0.4, -0.2) is 47.0 Å². The zero-order valence-corrected chi connectivity index (χ0v) is 10.9. The second kappa shape index (κ2) is 5.51. The first-order valence-corrected chi connectivity index (χ1v) is 5.82. The van der Waals surface area contributed by atoms with E-state index in [1.165, 1.54) is 12.0 Å². The Labute approximate surface area is 110 Å². The molecule has 1 aromatic heterocycles. The molecule has 0 unspecified atom stereocenters. The van der Waals surface area contributed by atoms with Crippen molar-refractivity contribution in [3.8, 4) is 0 Å². The molecule has 1 heterocycles. The lowest BCUT2D eigenvalue weighted by Crippen LogP contribution is -2.34. The molecule has 0 atom stereocenters. The van der Waals surface area contributed by atoms with Crippen molar-refractivity contribution in [2.45, 2.75) is 6.54 Å². The van der Waals surface area contributed by atoms with Gasteiger partial charge in [-0.25, -0.2) is 4.98 Å². The molecule has 0 radical (unpaired) electrons. The van der Waals surface area contributed by atoms with Gasteiger partial charge in [-0.2, -0.15) is 0 Å². The number of carbonyl (C=O) groups is 2. The molecule has 19 heavy (non-hydrogen) atoms. The van der Waals surface area contributed by atoms with Gasteiger partial charge in [-0.1, -0.05) is 12.1 Å². The van der Waals surface area contributed by atoms with Crippen LogP contribution < -0.4 is 0 Å². The highest BCUT2D eigenvalue weighted by molar-refractivity contribution is 5.83. The van der Waals surface area contributed by atoms with E-state index >= 15 is 0 Å². The molecule has 100 valence electrons. The van der Waals surface area contributed by atoms with E-state index in [2.05, 4.69) is 9.72 Å². The molecule has 0 aliphatic carbocycles. The Morgan fingerprint density at radius 3 is 2.84 bits per heavy atom. The molecule has 1 amide bonds. The Bertz CT molecular complexity index is 606. The maximum absolute atomic E-state index is 12.0. The number of ether oxygens (including phenoxy) is 1. The Balaban J connectivity index is 2.08. The molecule has 6 heteroatoms. The van der Waals surface area contributed by atoms with Gasteiger partial charge in [-0.15, -0.1) is 0 Å². The highest BCUT2D eigenvalue weighted by atomic mass is 16.5. The number of methoxy groups -OCH3 is 1. The summed E-state index contributed by atoms with van der Waals surface area (Å²) in [5, 5.41) is 0. The van der Waals surface area contributed by atoms with Crippen molar-refractivity contribution < 1.29 is 14.3 Å². The lowest BCUT2D eigenvalue weighted by atomic mass is 10.3. The van der Waals surface area contributed by atoms with Crippen molar-refractivity contribution in [3.05, 3.63) is 30.6 Å². The minimum absolute atomic E-state index is 0.0536. The van der Waals surface area contributed by atoms with Gasteiger partial charge in [-0.3, -0.25) is 9.59 Å². The van der Waals surface area contributed by atoms with E-state index in [4.69, 9.17) is 0 Å². The van der Waals surface area contributed by atoms with Crippen LogP contribution in [0.15, 0.2) is 30.6 Å². The topological polar surface area (TPSA) is 64.4 Å². The lowest BCUT2D eigenvalue weighted by Gasteiger charge is -2.16. The number of nitrogens with zero attached hydrogens (tertiary/aromatic N) is 3. The van der Waals surface area contributed by atoms with E-state index < -0.39 is 5.97 Å². The smallest absolute Gasteiger partial charge is 0.325 e. The average molecular weight is 261 g/mol. The van der Waals surface area contributed by atoms with Gasteiger partial charge in [0.15, 0.2) is 0 Å². The lowest BCUT2D eigenvalue weighted by molar-refractivity contribution is -0.146. The van der Waals surface area contributed by atoms with Crippen molar-refractivity contribution in [2.24, 2.45) is 0 Å². The third-order valence-corrected chi connectivity index (χ3v) is 2.85. The maximum atomic E-state index is 12.0. The quantitative estimate of drug-likeness (QED) is 0.759. The Morgan fingerprint density at radius 1 is 1.37 bits per heavy atom. The molecule has 0 aliphatic heterocycles. The Hall–Kier alpha value is -2.37. The molecule has 0 saturated heterocycles. The van der Waals surface area contributed by atoms with Crippen LogP contribution in [0.4, 0.5) is 0 Å². The van der Waals surface area contributed by atoms with Crippen LogP contribution in [-0.2, 0) is 20.9 Å². The molecular weight excluding hydrogens is 246 g/mol. The van der Waals surface area contributed by atoms with Gasteiger partial charge >= 0.3 is 5.97 Å². The van der Waals surface area contributed by atoms with Gasteiger partial charge in [0.2, 0.25) is 5.91 Å². The molecule has 2 rings (SSSR count).